The lowest BCUT2D eigenvalue weighted by atomic mass is 10.2. The Morgan fingerprint density at radius 3 is 2.11 bits per heavy atom. The van der Waals surface area contributed by atoms with E-state index in [1.54, 1.807) is 11.4 Å². The molecule has 0 saturated carbocycles. The zero-order chi connectivity index (χ0) is 19.8. The van der Waals surface area contributed by atoms with Crippen molar-refractivity contribution in [2.24, 2.45) is 0 Å². The van der Waals surface area contributed by atoms with Gasteiger partial charge < -0.3 is 9.90 Å². The molecule has 1 aliphatic heterocycles. The number of sulfonamides is 2. The monoisotopic (exact) mass is 493 g/mol. The van der Waals surface area contributed by atoms with E-state index < -0.39 is 26.0 Å². The number of carbonyl (C=O) groups is 1. The first-order valence-corrected chi connectivity index (χ1v) is 12.2. The lowest BCUT2D eigenvalue weighted by Crippen LogP contribution is -2.50. The molecule has 0 amide bonds. The van der Waals surface area contributed by atoms with Crippen molar-refractivity contribution in [2.45, 2.75) is 9.10 Å². The second-order valence-corrected chi connectivity index (χ2v) is 11.6. The normalized spacial score (nSPS) is 17.1. The van der Waals surface area contributed by atoms with Gasteiger partial charge in [0.2, 0.25) is 10.0 Å². The Bertz CT molecular complexity index is 1060. The molecule has 0 unspecified atom stereocenters. The first-order valence-electron chi connectivity index (χ1n) is 7.69. The van der Waals surface area contributed by atoms with Gasteiger partial charge in [-0.05, 0) is 29.6 Å². The molecule has 1 aromatic heterocycles. The first-order chi connectivity index (χ1) is 12.6. The Morgan fingerprint density at radius 1 is 1.00 bits per heavy atom. The number of carboxylic acid groups (broad SMARTS) is 1. The van der Waals surface area contributed by atoms with Crippen molar-refractivity contribution in [1.29, 1.82) is 0 Å². The van der Waals surface area contributed by atoms with Crippen LogP contribution in [0.4, 0.5) is 0 Å². The molecular weight excluding hydrogens is 480 g/mol. The molecule has 0 radical (unpaired) electrons. The number of rotatable bonds is 5. The molecule has 0 atom stereocenters. The van der Waals surface area contributed by atoms with Gasteiger partial charge in [-0.25, -0.2) is 16.8 Å². The molecule has 2 heterocycles. The molecule has 1 aliphatic rings. The smallest absolute Gasteiger partial charge is 0.252 e. The van der Waals surface area contributed by atoms with Gasteiger partial charge in [0.25, 0.3) is 10.0 Å². The van der Waals surface area contributed by atoms with E-state index in [0.29, 0.717) is 0 Å². The van der Waals surface area contributed by atoms with Gasteiger partial charge in [0, 0.05) is 36.2 Å². The topological polar surface area (TPSA) is 115 Å². The van der Waals surface area contributed by atoms with E-state index >= 15 is 0 Å². The van der Waals surface area contributed by atoms with Crippen LogP contribution in [-0.2, 0) is 20.0 Å². The summed E-state index contributed by atoms with van der Waals surface area (Å²) in [7, 11) is -7.59. The number of piperazine rings is 1. The predicted molar refractivity (Wildman–Crippen MR) is 100 cm³/mol. The molecule has 0 spiro atoms. The zero-order valence-electron chi connectivity index (χ0n) is 13.7. The van der Waals surface area contributed by atoms with Gasteiger partial charge in [0.15, 0.2) is 0 Å². The van der Waals surface area contributed by atoms with Crippen LogP contribution in [0.5, 0.6) is 0 Å². The largest absolute Gasteiger partial charge is 0.545 e. The minimum Gasteiger partial charge on any atom is -0.545 e. The van der Waals surface area contributed by atoms with Crippen LogP contribution < -0.4 is 5.11 Å². The standard InChI is InChI=1S/C15H15BrN2O6S3/c16-13-4-3-11(10-12(13)15(19)20)26(21,22)17-5-7-18(8-6-17)27(23,24)14-2-1-9-25-14/h1-4,9-10H,5-8H2,(H,19,20)/p-1. The van der Waals surface area contributed by atoms with Gasteiger partial charge in [0.1, 0.15) is 4.21 Å². The van der Waals surface area contributed by atoms with Gasteiger partial charge in [-0.2, -0.15) is 8.61 Å². The van der Waals surface area contributed by atoms with Gasteiger partial charge in [0.05, 0.1) is 10.9 Å². The van der Waals surface area contributed by atoms with Gasteiger partial charge in [-0.15, -0.1) is 11.3 Å². The summed E-state index contributed by atoms with van der Waals surface area (Å²) >= 11 is 4.15. The average Bonchev–Trinajstić information content (AvgIpc) is 3.17. The van der Waals surface area contributed by atoms with Crippen LogP contribution in [0.25, 0.3) is 0 Å². The van der Waals surface area contributed by atoms with E-state index in [9.17, 15) is 26.7 Å². The first kappa shape index (κ1) is 20.4. The van der Waals surface area contributed by atoms with Crippen LogP contribution in [0.15, 0.2) is 49.3 Å². The number of aromatic carboxylic acids is 1. The van der Waals surface area contributed by atoms with Gasteiger partial charge in [-0.1, -0.05) is 22.0 Å². The van der Waals surface area contributed by atoms with Crippen LogP contribution >= 0.6 is 27.3 Å². The average molecular weight is 494 g/mol. The molecule has 27 heavy (non-hydrogen) atoms. The van der Waals surface area contributed by atoms with Gasteiger partial charge >= 0.3 is 0 Å². The minimum absolute atomic E-state index is 0.0172. The highest BCUT2D eigenvalue weighted by Crippen LogP contribution is 2.26. The molecule has 1 saturated heterocycles. The number of thiophene rings is 1. The van der Waals surface area contributed by atoms with Gasteiger partial charge in [-0.3, -0.25) is 0 Å². The van der Waals surface area contributed by atoms with Crippen molar-refractivity contribution < 1.29 is 26.7 Å². The lowest BCUT2D eigenvalue weighted by molar-refractivity contribution is -0.255. The number of carboxylic acids is 1. The Labute approximate surface area is 169 Å². The molecule has 8 nitrogen and oxygen atoms in total. The Morgan fingerprint density at radius 2 is 1.59 bits per heavy atom. The number of nitrogens with zero attached hydrogens (tertiary/aromatic N) is 2. The molecule has 0 N–H and O–H groups in total. The van der Waals surface area contributed by atoms with Crippen molar-refractivity contribution in [3.05, 3.63) is 45.7 Å². The molecule has 1 aromatic carbocycles. The number of hydrogen-bond donors (Lipinski definition) is 0. The Balaban J connectivity index is 1.79. The van der Waals surface area contributed by atoms with Crippen molar-refractivity contribution >= 4 is 53.3 Å². The van der Waals surface area contributed by atoms with Crippen molar-refractivity contribution in [3.8, 4) is 0 Å². The number of halogens is 1. The fraction of sp³-hybridized carbons (Fsp3) is 0.267. The van der Waals surface area contributed by atoms with Crippen LogP contribution in [0, 0.1) is 0 Å². The number of benzene rings is 1. The highest BCUT2D eigenvalue weighted by Gasteiger charge is 2.34. The quantitative estimate of drug-likeness (QED) is 0.601. The second-order valence-electron chi connectivity index (χ2n) is 5.67. The van der Waals surface area contributed by atoms with E-state index in [2.05, 4.69) is 15.9 Å². The second kappa shape index (κ2) is 7.60. The summed E-state index contributed by atoms with van der Waals surface area (Å²) < 4.78 is 53.5. The van der Waals surface area contributed by atoms with E-state index in [1.165, 1.54) is 22.5 Å². The molecule has 1 fully saturated rings. The lowest BCUT2D eigenvalue weighted by Gasteiger charge is -2.33. The maximum absolute atomic E-state index is 12.8. The molecule has 0 bridgehead atoms. The minimum atomic E-state index is -3.96. The molecular formula is C15H14BrN2O6S3-. The highest BCUT2D eigenvalue weighted by atomic mass is 79.9. The molecule has 3 rings (SSSR count). The van der Waals surface area contributed by atoms with E-state index in [4.69, 9.17) is 0 Å². The summed E-state index contributed by atoms with van der Waals surface area (Å²) in [5, 5.41) is 12.8. The van der Waals surface area contributed by atoms with Crippen LogP contribution in [-0.4, -0.2) is 57.6 Å². The number of carbonyl (C=O) groups excluding carboxylic acids is 1. The van der Waals surface area contributed by atoms with Crippen molar-refractivity contribution in [1.82, 2.24) is 8.61 Å². The maximum Gasteiger partial charge on any atom is 0.252 e. The summed E-state index contributed by atoms with van der Waals surface area (Å²) in [5.41, 5.74) is -0.269. The summed E-state index contributed by atoms with van der Waals surface area (Å²) in [4.78, 5) is 10.9. The fourth-order valence-electron chi connectivity index (χ4n) is 2.66. The van der Waals surface area contributed by atoms with Crippen molar-refractivity contribution in [3.63, 3.8) is 0 Å². The van der Waals surface area contributed by atoms with E-state index in [0.717, 1.165) is 21.7 Å². The summed E-state index contributed by atoms with van der Waals surface area (Å²) in [6.07, 6.45) is 0. The third kappa shape index (κ3) is 3.96. The predicted octanol–water partition coefficient (Wildman–Crippen LogP) is 0.569. The summed E-state index contributed by atoms with van der Waals surface area (Å²) in [6, 6.07) is 6.80. The summed E-state index contributed by atoms with van der Waals surface area (Å²) in [6.45, 7) is -0.0139. The third-order valence-electron chi connectivity index (χ3n) is 4.08. The van der Waals surface area contributed by atoms with E-state index in [-0.39, 0.29) is 45.3 Å². The molecule has 12 heteroatoms. The zero-order valence-corrected chi connectivity index (χ0v) is 17.8. The Hall–Kier alpha value is -1.31. The van der Waals surface area contributed by atoms with Crippen LogP contribution in [0.2, 0.25) is 0 Å². The van der Waals surface area contributed by atoms with Crippen LogP contribution in [0.1, 0.15) is 10.4 Å². The molecule has 146 valence electrons. The summed E-state index contributed by atoms with van der Waals surface area (Å²) in [5.74, 6) is -1.49. The third-order valence-corrected chi connectivity index (χ3v) is 9.94. The van der Waals surface area contributed by atoms with Crippen LogP contribution in [0.3, 0.4) is 0 Å². The number of hydrogen-bond acceptors (Lipinski definition) is 7. The maximum atomic E-state index is 12.8. The fourth-order valence-corrected chi connectivity index (χ4v) is 7.08. The SMILES string of the molecule is O=C([O-])c1cc(S(=O)(=O)N2CCN(S(=O)(=O)c3cccs3)CC2)ccc1Br. The Kier molecular flexibility index (Phi) is 5.75. The van der Waals surface area contributed by atoms with Crippen molar-refractivity contribution in [2.75, 3.05) is 26.2 Å². The van der Waals surface area contributed by atoms with E-state index in [1.807, 2.05) is 0 Å². The molecule has 0 aliphatic carbocycles. The highest BCUT2D eigenvalue weighted by molar-refractivity contribution is 9.10. The molecule has 2 aromatic rings.